The molecule has 2 aromatic carbocycles. The molecule has 0 spiro atoms. The third kappa shape index (κ3) is 4.10. The first-order valence-electron chi connectivity index (χ1n) is 9.52. The van der Waals surface area contributed by atoms with Gasteiger partial charge in [-0.1, -0.05) is 0 Å². The minimum absolute atomic E-state index is 0.174. The van der Waals surface area contributed by atoms with E-state index in [2.05, 4.69) is 0 Å². The molecule has 0 radical (unpaired) electrons. The molecule has 8 nitrogen and oxygen atoms in total. The minimum atomic E-state index is -0.575. The molecule has 2 saturated heterocycles. The van der Waals surface area contributed by atoms with Gasteiger partial charge in [-0.05, 0) is 48.5 Å². The number of carbonyl (C=O) groups excluding carboxylic acids is 2. The standard InChI is InChI=1S/C22H22O8/c1-25-15-7-3-13(4-8-15)21(23)29-17-11-27-20-18(12-28-19(17)20)30-22(24)14-5-9-16(26-2)10-6-14/h3-10,17-20H,11-12H2,1-2H3/t17-,18-,19-,20-/m1/s1. The van der Waals surface area contributed by atoms with E-state index in [1.165, 1.54) is 0 Å². The summed E-state index contributed by atoms with van der Waals surface area (Å²) in [6, 6.07) is 13.3. The summed E-state index contributed by atoms with van der Waals surface area (Å²) in [5, 5.41) is 0. The summed E-state index contributed by atoms with van der Waals surface area (Å²) in [6.07, 6.45) is -2.12. The van der Waals surface area contributed by atoms with Gasteiger partial charge in [0.25, 0.3) is 0 Å². The smallest absolute Gasteiger partial charge is 0.338 e. The zero-order chi connectivity index (χ0) is 21.1. The lowest BCUT2D eigenvalue weighted by molar-refractivity contribution is -0.0287. The lowest BCUT2D eigenvalue weighted by atomic mass is 10.1. The first-order valence-corrected chi connectivity index (χ1v) is 9.52. The van der Waals surface area contributed by atoms with Crippen molar-refractivity contribution in [2.75, 3.05) is 27.4 Å². The van der Waals surface area contributed by atoms with Crippen molar-refractivity contribution in [2.45, 2.75) is 24.4 Å². The Morgan fingerprint density at radius 3 is 1.40 bits per heavy atom. The van der Waals surface area contributed by atoms with Crippen molar-refractivity contribution in [3.8, 4) is 11.5 Å². The number of methoxy groups -OCH3 is 2. The van der Waals surface area contributed by atoms with Gasteiger partial charge in [-0.25, -0.2) is 9.59 Å². The predicted octanol–water partition coefficient (Wildman–Crippen LogP) is 2.25. The molecule has 30 heavy (non-hydrogen) atoms. The SMILES string of the molecule is COc1ccc(C(=O)O[C@@H]2CO[C@H]3[C@@H]2OC[C@H]3OC(=O)c2ccc(OC)cc2)cc1. The average Bonchev–Trinajstić information content (AvgIpc) is 3.37. The van der Waals surface area contributed by atoms with Crippen LogP contribution < -0.4 is 9.47 Å². The van der Waals surface area contributed by atoms with Crippen LogP contribution in [0.1, 0.15) is 20.7 Å². The Bertz CT molecular complexity index is 817. The molecule has 2 aromatic rings. The number of fused-ring (bicyclic) bond motifs is 1. The molecule has 8 heteroatoms. The summed E-state index contributed by atoms with van der Waals surface area (Å²) in [6.45, 7) is 0.349. The molecule has 0 aliphatic carbocycles. The Kier molecular flexibility index (Phi) is 5.87. The largest absolute Gasteiger partial charge is 0.497 e. The molecule has 0 saturated carbocycles. The summed E-state index contributed by atoms with van der Waals surface area (Å²) < 4.78 is 32.8. The third-order valence-electron chi connectivity index (χ3n) is 5.13. The van der Waals surface area contributed by atoms with Crippen LogP contribution in [0.5, 0.6) is 11.5 Å². The van der Waals surface area contributed by atoms with Gasteiger partial charge in [-0.15, -0.1) is 0 Å². The zero-order valence-corrected chi connectivity index (χ0v) is 16.6. The van der Waals surface area contributed by atoms with Crippen LogP contribution in [-0.2, 0) is 18.9 Å². The zero-order valence-electron chi connectivity index (χ0n) is 16.6. The maximum atomic E-state index is 12.4. The normalized spacial score (nSPS) is 24.7. The summed E-state index contributed by atoms with van der Waals surface area (Å²) >= 11 is 0. The molecule has 0 bridgehead atoms. The van der Waals surface area contributed by atoms with Crippen LogP contribution >= 0.6 is 0 Å². The average molecular weight is 414 g/mol. The fraction of sp³-hybridized carbons (Fsp3) is 0.364. The molecular formula is C22H22O8. The van der Waals surface area contributed by atoms with E-state index in [4.69, 9.17) is 28.4 Å². The highest BCUT2D eigenvalue weighted by Crippen LogP contribution is 2.31. The van der Waals surface area contributed by atoms with Crippen LogP contribution in [0.15, 0.2) is 48.5 Å². The van der Waals surface area contributed by atoms with Crippen molar-refractivity contribution in [3.05, 3.63) is 59.7 Å². The van der Waals surface area contributed by atoms with Crippen LogP contribution in [0.4, 0.5) is 0 Å². The Balaban J connectivity index is 1.34. The predicted molar refractivity (Wildman–Crippen MR) is 104 cm³/mol. The molecule has 158 valence electrons. The number of esters is 2. The summed E-state index contributed by atoms with van der Waals surface area (Å²) in [5.74, 6) is 0.344. The third-order valence-corrected chi connectivity index (χ3v) is 5.13. The highest BCUT2D eigenvalue weighted by Gasteiger charge is 2.51. The van der Waals surface area contributed by atoms with E-state index in [0.717, 1.165) is 0 Å². The summed E-state index contributed by atoms with van der Waals surface area (Å²) in [4.78, 5) is 24.8. The van der Waals surface area contributed by atoms with Gasteiger partial charge in [0.1, 0.15) is 23.7 Å². The van der Waals surface area contributed by atoms with Gasteiger partial charge in [0.15, 0.2) is 12.2 Å². The molecule has 2 aliphatic heterocycles. The molecule has 2 fully saturated rings. The molecule has 2 heterocycles. The molecule has 4 rings (SSSR count). The van der Waals surface area contributed by atoms with Crippen molar-refractivity contribution < 1.29 is 38.0 Å². The Labute approximate surface area is 173 Å². The molecule has 0 unspecified atom stereocenters. The van der Waals surface area contributed by atoms with Crippen LogP contribution in [0.25, 0.3) is 0 Å². The Morgan fingerprint density at radius 2 is 1.07 bits per heavy atom. The van der Waals surface area contributed by atoms with E-state index in [1.54, 1.807) is 62.8 Å². The van der Waals surface area contributed by atoms with Crippen molar-refractivity contribution in [1.29, 1.82) is 0 Å². The number of carbonyl (C=O) groups is 2. The van der Waals surface area contributed by atoms with E-state index < -0.39 is 36.4 Å². The maximum absolute atomic E-state index is 12.4. The fourth-order valence-electron chi connectivity index (χ4n) is 3.50. The van der Waals surface area contributed by atoms with E-state index >= 15 is 0 Å². The minimum Gasteiger partial charge on any atom is -0.497 e. The lowest BCUT2D eigenvalue weighted by Crippen LogP contribution is -2.36. The monoisotopic (exact) mass is 414 g/mol. The second-order valence-electron chi connectivity index (χ2n) is 6.94. The van der Waals surface area contributed by atoms with Gasteiger partial charge in [0.05, 0.1) is 38.6 Å². The summed E-state index contributed by atoms with van der Waals surface area (Å²) in [7, 11) is 3.11. The van der Waals surface area contributed by atoms with Gasteiger partial charge in [-0.2, -0.15) is 0 Å². The molecule has 0 aromatic heterocycles. The number of hydrogen-bond acceptors (Lipinski definition) is 8. The number of benzene rings is 2. The van der Waals surface area contributed by atoms with Crippen LogP contribution in [0.3, 0.4) is 0 Å². The summed E-state index contributed by atoms with van der Waals surface area (Å²) in [5.41, 5.74) is 0.805. The van der Waals surface area contributed by atoms with E-state index in [1.807, 2.05) is 0 Å². The molecular weight excluding hydrogens is 392 g/mol. The highest BCUT2D eigenvalue weighted by atomic mass is 16.7. The van der Waals surface area contributed by atoms with Crippen molar-refractivity contribution in [3.63, 3.8) is 0 Å². The number of rotatable bonds is 6. The van der Waals surface area contributed by atoms with Crippen molar-refractivity contribution in [2.24, 2.45) is 0 Å². The van der Waals surface area contributed by atoms with Crippen LogP contribution in [0, 0.1) is 0 Å². The Morgan fingerprint density at radius 1 is 0.700 bits per heavy atom. The lowest BCUT2D eigenvalue weighted by Gasteiger charge is -2.17. The molecule has 4 atom stereocenters. The van der Waals surface area contributed by atoms with E-state index in [9.17, 15) is 9.59 Å². The Hall–Kier alpha value is -3.10. The number of hydrogen-bond donors (Lipinski definition) is 0. The second-order valence-corrected chi connectivity index (χ2v) is 6.94. The molecule has 2 aliphatic rings. The van der Waals surface area contributed by atoms with Gasteiger partial charge in [0.2, 0.25) is 0 Å². The van der Waals surface area contributed by atoms with Gasteiger partial charge >= 0.3 is 11.9 Å². The quantitative estimate of drug-likeness (QED) is 0.665. The van der Waals surface area contributed by atoms with Crippen molar-refractivity contribution >= 4 is 11.9 Å². The topological polar surface area (TPSA) is 89.5 Å². The van der Waals surface area contributed by atoms with Gasteiger partial charge < -0.3 is 28.4 Å². The van der Waals surface area contributed by atoms with Gasteiger partial charge in [-0.3, -0.25) is 0 Å². The van der Waals surface area contributed by atoms with E-state index in [0.29, 0.717) is 22.6 Å². The second kappa shape index (κ2) is 8.73. The first-order chi connectivity index (χ1) is 14.6. The first kappa shape index (κ1) is 20.2. The molecule has 0 amide bonds. The highest BCUT2D eigenvalue weighted by molar-refractivity contribution is 5.90. The van der Waals surface area contributed by atoms with Crippen molar-refractivity contribution in [1.82, 2.24) is 0 Å². The fourth-order valence-corrected chi connectivity index (χ4v) is 3.50. The van der Waals surface area contributed by atoms with E-state index in [-0.39, 0.29) is 13.2 Å². The van der Waals surface area contributed by atoms with Gasteiger partial charge in [0, 0.05) is 0 Å². The van der Waals surface area contributed by atoms with Crippen LogP contribution in [0.2, 0.25) is 0 Å². The maximum Gasteiger partial charge on any atom is 0.338 e. The number of ether oxygens (including phenoxy) is 6. The molecule has 0 N–H and O–H groups in total. The van der Waals surface area contributed by atoms with Crippen LogP contribution in [-0.4, -0.2) is 63.8 Å².